The first-order chi connectivity index (χ1) is 9.47. The van der Waals surface area contributed by atoms with Gasteiger partial charge in [-0.1, -0.05) is 18.2 Å². The second-order valence-electron chi connectivity index (χ2n) is 4.84. The Bertz CT molecular complexity index is 551. The van der Waals surface area contributed by atoms with Gasteiger partial charge in [-0.15, -0.1) is 0 Å². The molecule has 0 aliphatic heterocycles. The van der Waals surface area contributed by atoms with Crippen molar-refractivity contribution in [3.63, 3.8) is 0 Å². The average Bonchev–Trinajstić information content (AvgIpc) is 2.41. The minimum absolute atomic E-state index is 0.132. The van der Waals surface area contributed by atoms with E-state index >= 15 is 0 Å². The third kappa shape index (κ3) is 3.94. The summed E-state index contributed by atoms with van der Waals surface area (Å²) in [6, 6.07) is 8.13. The van der Waals surface area contributed by atoms with Gasteiger partial charge in [0.1, 0.15) is 6.10 Å². The van der Waals surface area contributed by atoms with Gasteiger partial charge in [-0.2, -0.15) is 0 Å². The van der Waals surface area contributed by atoms with E-state index in [0.717, 1.165) is 0 Å². The minimum Gasteiger partial charge on any atom is -0.446 e. The first kappa shape index (κ1) is 14.8. The molecule has 1 aromatic carbocycles. The van der Waals surface area contributed by atoms with Gasteiger partial charge in [0.05, 0.1) is 4.90 Å². The van der Waals surface area contributed by atoms with Crippen molar-refractivity contribution >= 4 is 16.1 Å². The Morgan fingerprint density at radius 3 is 2.30 bits per heavy atom. The van der Waals surface area contributed by atoms with Crippen molar-refractivity contribution in [2.45, 2.75) is 42.7 Å². The number of nitrogens with two attached hydrogens (primary N) is 1. The van der Waals surface area contributed by atoms with Crippen LogP contribution in [0.2, 0.25) is 0 Å². The Morgan fingerprint density at radius 1 is 1.15 bits per heavy atom. The monoisotopic (exact) mass is 298 g/mol. The molecule has 1 aliphatic carbocycles. The predicted molar refractivity (Wildman–Crippen MR) is 73.5 cm³/mol. The fourth-order valence-corrected chi connectivity index (χ4v) is 3.68. The SMILES string of the molecule is NC(=O)OC1CCC(NS(=O)(=O)c2ccccc2)CC1. The third-order valence-electron chi connectivity index (χ3n) is 3.33. The van der Waals surface area contributed by atoms with E-state index in [1.807, 2.05) is 0 Å². The van der Waals surface area contributed by atoms with E-state index in [2.05, 4.69) is 4.72 Å². The van der Waals surface area contributed by atoms with Crippen LogP contribution >= 0.6 is 0 Å². The van der Waals surface area contributed by atoms with Crippen molar-refractivity contribution < 1.29 is 17.9 Å². The molecule has 1 aromatic rings. The Balaban J connectivity index is 1.91. The lowest BCUT2D eigenvalue weighted by Crippen LogP contribution is -2.39. The standard InChI is InChI=1S/C13H18N2O4S/c14-13(16)19-11-8-6-10(7-9-11)15-20(17,18)12-4-2-1-3-5-12/h1-5,10-11,15H,6-9H2,(H2,14,16). The summed E-state index contributed by atoms with van der Waals surface area (Å²) in [5, 5.41) is 0. The molecule has 0 unspecified atom stereocenters. The summed E-state index contributed by atoms with van der Waals surface area (Å²) in [7, 11) is -3.48. The molecule has 1 saturated carbocycles. The van der Waals surface area contributed by atoms with Crippen molar-refractivity contribution in [1.82, 2.24) is 4.72 Å². The van der Waals surface area contributed by atoms with E-state index in [4.69, 9.17) is 10.5 Å². The van der Waals surface area contributed by atoms with Crippen LogP contribution in [0.25, 0.3) is 0 Å². The molecule has 1 aliphatic rings. The molecule has 6 nitrogen and oxygen atoms in total. The molecular weight excluding hydrogens is 280 g/mol. The molecule has 2 rings (SSSR count). The second-order valence-corrected chi connectivity index (χ2v) is 6.56. The summed E-state index contributed by atoms with van der Waals surface area (Å²) in [6.07, 6.45) is 1.51. The zero-order chi connectivity index (χ0) is 14.6. The molecule has 1 fully saturated rings. The number of primary amides is 1. The zero-order valence-electron chi connectivity index (χ0n) is 11.0. The molecule has 0 spiro atoms. The second kappa shape index (κ2) is 6.23. The Kier molecular flexibility index (Phi) is 4.61. The lowest BCUT2D eigenvalue weighted by Gasteiger charge is -2.28. The third-order valence-corrected chi connectivity index (χ3v) is 4.87. The lowest BCUT2D eigenvalue weighted by atomic mass is 9.94. The number of carbonyl (C=O) groups is 1. The van der Waals surface area contributed by atoms with Crippen molar-refractivity contribution in [2.75, 3.05) is 0 Å². The highest BCUT2D eigenvalue weighted by Crippen LogP contribution is 2.22. The molecule has 0 heterocycles. The topological polar surface area (TPSA) is 98.5 Å². The van der Waals surface area contributed by atoms with E-state index in [1.165, 1.54) is 0 Å². The maximum absolute atomic E-state index is 12.1. The number of sulfonamides is 1. The van der Waals surface area contributed by atoms with Crippen molar-refractivity contribution in [3.8, 4) is 0 Å². The molecule has 0 atom stereocenters. The fourth-order valence-electron chi connectivity index (χ4n) is 2.35. The molecule has 110 valence electrons. The number of rotatable bonds is 4. The molecule has 3 N–H and O–H groups in total. The van der Waals surface area contributed by atoms with Gasteiger partial charge in [0.25, 0.3) is 0 Å². The highest BCUT2D eigenvalue weighted by atomic mass is 32.2. The van der Waals surface area contributed by atoms with Gasteiger partial charge in [-0.05, 0) is 37.8 Å². The van der Waals surface area contributed by atoms with E-state index < -0.39 is 16.1 Å². The number of hydrogen-bond donors (Lipinski definition) is 2. The summed E-state index contributed by atoms with van der Waals surface area (Å²) in [6.45, 7) is 0. The van der Waals surface area contributed by atoms with Crippen molar-refractivity contribution in [2.24, 2.45) is 5.73 Å². The summed E-state index contributed by atoms with van der Waals surface area (Å²) < 4.78 is 31.9. The maximum atomic E-state index is 12.1. The van der Waals surface area contributed by atoms with E-state index in [-0.39, 0.29) is 17.0 Å². The first-order valence-electron chi connectivity index (χ1n) is 6.51. The van der Waals surface area contributed by atoms with Crippen molar-refractivity contribution in [3.05, 3.63) is 30.3 Å². The van der Waals surface area contributed by atoms with Gasteiger partial charge in [0.2, 0.25) is 10.0 Å². The summed E-state index contributed by atoms with van der Waals surface area (Å²) in [5.74, 6) is 0. The van der Waals surface area contributed by atoms with Gasteiger partial charge >= 0.3 is 6.09 Å². The van der Waals surface area contributed by atoms with Crippen LogP contribution in [0.3, 0.4) is 0 Å². The molecule has 20 heavy (non-hydrogen) atoms. The number of ether oxygens (including phenoxy) is 1. The smallest absolute Gasteiger partial charge is 0.404 e. The van der Waals surface area contributed by atoms with Gasteiger partial charge in [-0.25, -0.2) is 17.9 Å². The quantitative estimate of drug-likeness (QED) is 0.877. The van der Waals surface area contributed by atoms with Crippen LogP contribution in [0.5, 0.6) is 0 Å². The highest BCUT2D eigenvalue weighted by Gasteiger charge is 2.26. The van der Waals surface area contributed by atoms with Crippen LogP contribution < -0.4 is 10.5 Å². The average molecular weight is 298 g/mol. The van der Waals surface area contributed by atoms with Crippen LogP contribution in [0.1, 0.15) is 25.7 Å². The summed E-state index contributed by atoms with van der Waals surface area (Å²) in [5.41, 5.74) is 4.96. The fraction of sp³-hybridized carbons (Fsp3) is 0.462. The molecule has 0 aromatic heterocycles. The molecular formula is C13H18N2O4S. The Labute approximate surface area is 118 Å². The van der Waals surface area contributed by atoms with E-state index in [0.29, 0.717) is 25.7 Å². The van der Waals surface area contributed by atoms with Crippen LogP contribution in [0, 0.1) is 0 Å². The van der Waals surface area contributed by atoms with Gasteiger partial charge in [-0.3, -0.25) is 0 Å². The van der Waals surface area contributed by atoms with Gasteiger partial charge in [0.15, 0.2) is 0 Å². The largest absolute Gasteiger partial charge is 0.446 e. The molecule has 0 bridgehead atoms. The Morgan fingerprint density at radius 2 is 1.75 bits per heavy atom. The number of nitrogens with one attached hydrogen (secondary N) is 1. The first-order valence-corrected chi connectivity index (χ1v) is 7.99. The van der Waals surface area contributed by atoms with E-state index in [9.17, 15) is 13.2 Å². The number of hydrogen-bond acceptors (Lipinski definition) is 4. The molecule has 7 heteroatoms. The van der Waals surface area contributed by atoms with Crippen LogP contribution in [-0.4, -0.2) is 26.7 Å². The van der Waals surface area contributed by atoms with E-state index in [1.54, 1.807) is 30.3 Å². The number of carbonyl (C=O) groups excluding carboxylic acids is 1. The molecule has 1 amide bonds. The van der Waals surface area contributed by atoms with Gasteiger partial charge in [0, 0.05) is 6.04 Å². The molecule has 0 radical (unpaired) electrons. The van der Waals surface area contributed by atoms with Crippen LogP contribution in [0.4, 0.5) is 4.79 Å². The Hall–Kier alpha value is -1.60. The summed E-state index contributed by atoms with van der Waals surface area (Å²) >= 11 is 0. The minimum atomic E-state index is -3.48. The maximum Gasteiger partial charge on any atom is 0.404 e. The van der Waals surface area contributed by atoms with Crippen molar-refractivity contribution in [1.29, 1.82) is 0 Å². The lowest BCUT2D eigenvalue weighted by molar-refractivity contribution is 0.0778. The highest BCUT2D eigenvalue weighted by molar-refractivity contribution is 7.89. The van der Waals surface area contributed by atoms with Crippen LogP contribution in [0.15, 0.2) is 35.2 Å². The normalized spacial score (nSPS) is 23.2. The number of amides is 1. The predicted octanol–water partition coefficient (Wildman–Crippen LogP) is 1.37. The summed E-state index contributed by atoms with van der Waals surface area (Å²) in [4.78, 5) is 10.9. The molecule has 0 saturated heterocycles. The number of benzene rings is 1. The van der Waals surface area contributed by atoms with Gasteiger partial charge < -0.3 is 10.5 Å². The zero-order valence-corrected chi connectivity index (χ0v) is 11.8. The van der Waals surface area contributed by atoms with Crippen LogP contribution in [-0.2, 0) is 14.8 Å².